The van der Waals surface area contributed by atoms with Crippen molar-refractivity contribution in [3.8, 4) is 11.5 Å². The van der Waals surface area contributed by atoms with Gasteiger partial charge in [0, 0.05) is 19.8 Å². The highest BCUT2D eigenvalue weighted by Gasteiger charge is 2.35. The third kappa shape index (κ3) is 4.61. The molecule has 2 heterocycles. The minimum atomic E-state index is -0.542. The van der Waals surface area contributed by atoms with Crippen LogP contribution >= 0.6 is 0 Å². The second-order valence-electron chi connectivity index (χ2n) is 7.02. The van der Waals surface area contributed by atoms with E-state index in [1.807, 2.05) is 0 Å². The molecule has 4 rings (SSSR count). The Hall–Kier alpha value is -4.01. The van der Waals surface area contributed by atoms with Gasteiger partial charge in [-0.1, -0.05) is 0 Å². The summed E-state index contributed by atoms with van der Waals surface area (Å²) in [6.45, 7) is 0.592. The average Bonchev–Trinajstić information content (AvgIpc) is 3.13. The molecule has 1 aliphatic rings. The first-order valence-corrected chi connectivity index (χ1v) is 9.66. The fraction of sp³-hybridized carbons (Fsp3) is 0.182. The Morgan fingerprint density at radius 1 is 1.13 bits per heavy atom. The molecule has 1 fully saturated rings. The summed E-state index contributed by atoms with van der Waals surface area (Å²) < 4.78 is 18.8. The number of nitrogens with zero attached hydrogens (tertiary/aromatic N) is 4. The molecule has 3 aromatic rings. The lowest BCUT2D eigenvalue weighted by Gasteiger charge is -2.30. The Kier molecular flexibility index (Phi) is 5.74. The first-order chi connectivity index (χ1) is 15.0. The number of benzene rings is 2. The van der Waals surface area contributed by atoms with E-state index in [4.69, 9.17) is 4.74 Å². The van der Waals surface area contributed by atoms with Crippen molar-refractivity contribution >= 4 is 17.5 Å². The number of aromatic nitrogens is 2. The molecule has 1 aliphatic heterocycles. The summed E-state index contributed by atoms with van der Waals surface area (Å²) in [6.07, 6.45) is 3.32. The summed E-state index contributed by atoms with van der Waals surface area (Å²) >= 11 is 0. The molecular formula is C22H20FN5O3. The van der Waals surface area contributed by atoms with Crippen LogP contribution in [0, 0.1) is 5.82 Å². The maximum absolute atomic E-state index is 13.1. The van der Waals surface area contributed by atoms with Crippen molar-refractivity contribution in [2.24, 2.45) is 0 Å². The number of carbonyl (C=O) groups is 2. The summed E-state index contributed by atoms with van der Waals surface area (Å²) in [7, 11) is 1.73. The molecule has 1 N–H and O–H groups in total. The third-order valence-electron chi connectivity index (χ3n) is 4.91. The van der Waals surface area contributed by atoms with E-state index < -0.39 is 11.9 Å². The number of ether oxygens (including phenoxy) is 1. The first kappa shape index (κ1) is 20.3. The van der Waals surface area contributed by atoms with Gasteiger partial charge in [0.05, 0.1) is 5.69 Å². The van der Waals surface area contributed by atoms with Crippen molar-refractivity contribution in [1.29, 1.82) is 0 Å². The van der Waals surface area contributed by atoms with Gasteiger partial charge in [0.25, 0.3) is 5.91 Å². The monoisotopic (exact) mass is 421 g/mol. The minimum absolute atomic E-state index is 0.0883. The van der Waals surface area contributed by atoms with Crippen LogP contribution in [0.2, 0.25) is 0 Å². The number of rotatable bonds is 6. The van der Waals surface area contributed by atoms with Crippen molar-refractivity contribution in [1.82, 2.24) is 20.3 Å². The topological polar surface area (TPSA) is 87.7 Å². The molecule has 2 amide bonds. The predicted molar refractivity (Wildman–Crippen MR) is 111 cm³/mol. The summed E-state index contributed by atoms with van der Waals surface area (Å²) in [4.78, 5) is 34.7. The minimum Gasteiger partial charge on any atom is -0.457 e. The Morgan fingerprint density at radius 2 is 1.81 bits per heavy atom. The summed E-state index contributed by atoms with van der Waals surface area (Å²) in [5.41, 5.74) is 3.60. The molecule has 0 spiro atoms. The van der Waals surface area contributed by atoms with Crippen LogP contribution in [-0.4, -0.2) is 46.3 Å². The van der Waals surface area contributed by atoms with E-state index in [0.717, 1.165) is 0 Å². The maximum atomic E-state index is 13.1. The molecule has 2 aromatic carbocycles. The average molecular weight is 421 g/mol. The van der Waals surface area contributed by atoms with Crippen LogP contribution in [0.1, 0.15) is 16.9 Å². The highest BCUT2D eigenvalue weighted by molar-refractivity contribution is 5.95. The maximum Gasteiger partial charge on any atom is 0.288 e. The zero-order valence-electron chi connectivity index (χ0n) is 16.7. The van der Waals surface area contributed by atoms with Gasteiger partial charge in [-0.15, -0.1) is 0 Å². The van der Waals surface area contributed by atoms with Gasteiger partial charge < -0.3 is 9.64 Å². The second-order valence-corrected chi connectivity index (χ2v) is 7.02. The lowest BCUT2D eigenvalue weighted by Crippen LogP contribution is -2.52. The van der Waals surface area contributed by atoms with Crippen LogP contribution in [0.25, 0.3) is 0 Å². The molecule has 9 heteroatoms. The number of hydrazine groups is 1. The summed E-state index contributed by atoms with van der Waals surface area (Å²) in [5, 5.41) is 1.55. The van der Waals surface area contributed by atoms with Gasteiger partial charge in [-0.05, 0) is 61.0 Å². The second kappa shape index (κ2) is 8.78. The van der Waals surface area contributed by atoms with E-state index in [1.165, 1.54) is 42.9 Å². The number of amides is 2. The summed E-state index contributed by atoms with van der Waals surface area (Å²) in [5.74, 6) is 0.151. The third-order valence-corrected chi connectivity index (χ3v) is 4.91. The molecule has 1 saturated heterocycles. The molecule has 0 saturated carbocycles. The van der Waals surface area contributed by atoms with Crippen LogP contribution in [0.5, 0.6) is 11.5 Å². The predicted octanol–water partition coefficient (Wildman–Crippen LogP) is 2.79. The smallest absolute Gasteiger partial charge is 0.288 e. The van der Waals surface area contributed by atoms with Crippen LogP contribution in [0.15, 0.2) is 67.1 Å². The van der Waals surface area contributed by atoms with Crippen LogP contribution in [0.4, 0.5) is 10.1 Å². The van der Waals surface area contributed by atoms with Crippen LogP contribution in [0.3, 0.4) is 0 Å². The number of hydrogen-bond acceptors (Lipinski definition) is 6. The van der Waals surface area contributed by atoms with E-state index in [-0.39, 0.29) is 17.4 Å². The molecule has 8 nitrogen and oxygen atoms in total. The zero-order valence-corrected chi connectivity index (χ0v) is 16.7. The first-order valence-electron chi connectivity index (χ1n) is 9.66. The SMILES string of the molecule is CN1CCC(N(NC(=O)c2ccncn2)c2ccc(Oc3ccc(F)cc3)cc2)C1=O. The molecule has 1 aromatic heterocycles. The van der Waals surface area contributed by atoms with Gasteiger partial charge in [0.1, 0.15) is 35.4 Å². The number of carbonyl (C=O) groups excluding carboxylic acids is 2. The molecule has 31 heavy (non-hydrogen) atoms. The molecule has 0 bridgehead atoms. The van der Waals surface area contributed by atoms with Gasteiger partial charge in [-0.3, -0.25) is 20.0 Å². The quantitative estimate of drug-likeness (QED) is 0.616. The lowest BCUT2D eigenvalue weighted by atomic mass is 10.2. The van der Waals surface area contributed by atoms with E-state index in [2.05, 4.69) is 15.4 Å². The van der Waals surface area contributed by atoms with E-state index >= 15 is 0 Å². The summed E-state index contributed by atoms with van der Waals surface area (Å²) in [6, 6.07) is 13.6. The van der Waals surface area contributed by atoms with E-state index in [1.54, 1.807) is 41.2 Å². The van der Waals surface area contributed by atoms with Crippen molar-refractivity contribution in [3.63, 3.8) is 0 Å². The molecule has 158 valence electrons. The van der Waals surface area contributed by atoms with Crippen molar-refractivity contribution < 1.29 is 18.7 Å². The molecule has 0 radical (unpaired) electrons. The number of halogens is 1. The van der Waals surface area contributed by atoms with Crippen molar-refractivity contribution in [3.05, 3.63) is 78.6 Å². The number of likely N-dealkylation sites (tertiary alicyclic amines) is 1. The Bertz CT molecular complexity index is 1060. The van der Waals surface area contributed by atoms with Crippen molar-refractivity contribution in [2.45, 2.75) is 12.5 Å². The fourth-order valence-electron chi connectivity index (χ4n) is 3.27. The molecule has 1 atom stereocenters. The lowest BCUT2D eigenvalue weighted by molar-refractivity contribution is -0.127. The van der Waals surface area contributed by atoms with Gasteiger partial charge in [0.15, 0.2) is 0 Å². The fourth-order valence-corrected chi connectivity index (χ4v) is 3.27. The Morgan fingerprint density at radius 3 is 2.39 bits per heavy atom. The Balaban J connectivity index is 1.56. The molecule has 0 aliphatic carbocycles. The van der Waals surface area contributed by atoms with Gasteiger partial charge in [-0.2, -0.15) is 0 Å². The number of hydrogen-bond donors (Lipinski definition) is 1. The van der Waals surface area contributed by atoms with E-state index in [9.17, 15) is 14.0 Å². The van der Waals surface area contributed by atoms with Crippen LogP contribution < -0.4 is 15.2 Å². The zero-order chi connectivity index (χ0) is 21.8. The largest absolute Gasteiger partial charge is 0.457 e. The number of anilines is 1. The Labute approximate surface area is 178 Å². The van der Waals surface area contributed by atoms with Crippen LogP contribution in [-0.2, 0) is 4.79 Å². The highest BCUT2D eigenvalue weighted by atomic mass is 19.1. The van der Waals surface area contributed by atoms with E-state index in [0.29, 0.717) is 30.2 Å². The van der Waals surface area contributed by atoms with Gasteiger partial charge in [-0.25, -0.2) is 14.4 Å². The highest BCUT2D eigenvalue weighted by Crippen LogP contribution is 2.27. The molecule has 1 unspecified atom stereocenters. The number of nitrogens with one attached hydrogen (secondary N) is 1. The molecular weight excluding hydrogens is 401 g/mol. The van der Waals surface area contributed by atoms with Crippen molar-refractivity contribution in [2.75, 3.05) is 18.6 Å². The number of likely N-dealkylation sites (N-methyl/N-ethyl adjacent to an activating group) is 1. The van der Waals surface area contributed by atoms with Gasteiger partial charge in [0.2, 0.25) is 5.91 Å². The standard InChI is InChI=1S/C22H20FN5O3/c1-27-13-11-20(22(27)30)28(26-21(29)19-10-12-24-14-25-19)16-4-8-18(9-5-16)31-17-6-2-15(23)3-7-17/h2-10,12,14,20H,11,13H2,1H3,(H,26,29). The van der Waals surface area contributed by atoms with Gasteiger partial charge >= 0.3 is 0 Å². The normalized spacial score (nSPS) is 15.6.